The van der Waals surface area contributed by atoms with Crippen molar-refractivity contribution in [1.82, 2.24) is 0 Å². The zero-order valence-corrected chi connectivity index (χ0v) is 12.0. The summed E-state index contributed by atoms with van der Waals surface area (Å²) in [5.41, 5.74) is 1.23. The zero-order chi connectivity index (χ0) is 12.4. The minimum atomic E-state index is 0.582. The summed E-state index contributed by atoms with van der Waals surface area (Å²) in [5.74, 6) is 3.89. The second-order valence-electron chi connectivity index (χ2n) is 8.06. The predicted molar refractivity (Wildman–Crippen MR) is 71.1 cm³/mol. The van der Waals surface area contributed by atoms with Crippen molar-refractivity contribution in [2.75, 3.05) is 0 Å². The summed E-state index contributed by atoms with van der Waals surface area (Å²) in [6, 6.07) is 0.783. The van der Waals surface area contributed by atoms with Gasteiger partial charge in [0.05, 0.1) is 6.04 Å². The number of rotatable bonds is 2. The second-order valence-corrected chi connectivity index (χ2v) is 8.06. The average molecular weight is 235 g/mol. The van der Waals surface area contributed by atoms with Crippen molar-refractivity contribution in [3.05, 3.63) is 7.05 Å². The molecule has 0 aliphatic heterocycles. The highest BCUT2D eigenvalue weighted by Gasteiger charge is 2.65. The van der Waals surface area contributed by atoms with E-state index in [1.807, 2.05) is 0 Å². The quantitative estimate of drug-likeness (QED) is 0.709. The Kier molecular flexibility index (Phi) is 2.47. The van der Waals surface area contributed by atoms with Crippen LogP contribution >= 0.6 is 0 Å². The fraction of sp³-hybridized carbons (Fsp3) is 0.938. The number of nitrogens with two attached hydrogens (primary N) is 1. The Morgan fingerprint density at radius 1 is 1.18 bits per heavy atom. The van der Waals surface area contributed by atoms with Gasteiger partial charge in [-0.05, 0) is 48.3 Å². The van der Waals surface area contributed by atoms with E-state index in [2.05, 4.69) is 40.1 Å². The maximum absolute atomic E-state index is 4.10. The molecule has 98 valence electrons. The van der Waals surface area contributed by atoms with Crippen LogP contribution in [0.25, 0.3) is 0 Å². The molecule has 0 heterocycles. The Labute approximate surface area is 107 Å². The minimum Gasteiger partial charge on any atom is -0.476 e. The van der Waals surface area contributed by atoms with Gasteiger partial charge in [0.15, 0.2) is 0 Å². The summed E-state index contributed by atoms with van der Waals surface area (Å²) < 4.78 is 0. The van der Waals surface area contributed by atoms with Crippen molar-refractivity contribution in [1.29, 1.82) is 0 Å². The lowest BCUT2D eigenvalue weighted by Gasteiger charge is -2.59. The van der Waals surface area contributed by atoms with Crippen LogP contribution < -0.4 is 5.32 Å². The maximum atomic E-state index is 4.10. The lowest BCUT2D eigenvalue weighted by atomic mass is 9.47. The molecule has 4 aliphatic carbocycles. The fourth-order valence-electron chi connectivity index (χ4n) is 5.85. The molecule has 0 amide bonds. The molecule has 2 N–H and O–H groups in total. The largest absolute Gasteiger partial charge is 0.476 e. The molecule has 0 spiro atoms. The Bertz CT molecular complexity index is 323. The summed E-state index contributed by atoms with van der Waals surface area (Å²) in [6.07, 6.45) is 5.88. The molecule has 0 aromatic carbocycles. The summed E-state index contributed by atoms with van der Waals surface area (Å²) in [7, 11) is 4.10. The van der Waals surface area contributed by atoms with Crippen LogP contribution in [-0.4, -0.2) is 6.04 Å². The molecule has 4 saturated carbocycles. The Morgan fingerprint density at radius 3 is 2.47 bits per heavy atom. The van der Waals surface area contributed by atoms with E-state index >= 15 is 0 Å². The van der Waals surface area contributed by atoms with E-state index in [1.165, 1.54) is 25.7 Å². The van der Waals surface area contributed by atoms with Gasteiger partial charge < -0.3 is 5.32 Å². The molecule has 1 nitrogen and oxygen atoms in total. The van der Waals surface area contributed by atoms with Crippen LogP contribution in [0.5, 0.6) is 0 Å². The summed E-state index contributed by atoms with van der Waals surface area (Å²) in [4.78, 5) is 0. The normalized spacial score (nSPS) is 56.8. The third kappa shape index (κ3) is 1.41. The molecule has 17 heavy (non-hydrogen) atoms. The summed E-state index contributed by atoms with van der Waals surface area (Å²) in [5, 5.41) is 2.26. The minimum absolute atomic E-state index is 0.582. The molecule has 0 aromatic heterocycles. The van der Waals surface area contributed by atoms with Gasteiger partial charge in [-0.2, -0.15) is 7.05 Å². The van der Waals surface area contributed by atoms with Crippen molar-refractivity contribution in [3.63, 3.8) is 0 Å². The van der Waals surface area contributed by atoms with Gasteiger partial charge in [-0.15, -0.1) is 0 Å². The van der Waals surface area contributed by atoms with E-state index in [0.717, 1.165) is 29.7 Å². The van der Waals surface area contributed by atoms with Crippen molar-refractivity contribution < 1.29 is 5.32 Å². The smallest absolute Gasteiger partial charge is 0.0680 e. The third-order valence-electron chi connectivity index (χ3n) is 6.95. The average Bonchev–Trinajstić information content (AvgIpc) is 2.44. The molecular weight excluding hydrogens is 206 g/mol. The van der Waals surface area contributed by atoms with Crippen LogP contribution in [-0.2, 0) is 0 Å². The first-order chi connectivity index (χ1) is 7.90. The molecule has 0 aromatic rings. The molecule has 4 fully saturated rings. The fourth-order valence-corrected chi connectivity index (χ4v) is 5.85. The van der Waals surface area contributed by atoms with E-state index < -0.39 is 0 Å². The Hall–Kier alpha value is -0.0400. The number of hydrogen-bond donors (Lipinski definition) is 1. The zero-order valence-electron chi connectivity index (χ0n) is 12.0. The van der Waals surface area contributed by atoms with Gasteiger partial charge in [-0.25, -0.2) is 0 Å². The van der Waals surface area contributed by atoms with Crippen LogP contribution in [0.2, 0.25) is 0 Å². The molecule has 6 atom stereocenters. The molecule has 4 rings (SSSR count). The van der Waals surface area contributed by atoms with Crippen LogP contribution in [0.15, 0.2) is 0 Å². The highest BCUT2D eigenvalue weighted by atomic mass is 14.9. The highest BCUT2D eigenvalue weighted by Crippen LogP contribution is 2.70. The third-order valence-corrected chi connectivity index (χ3v) is 6.95. The Morgan fingerprint density at radius 2 is 1.88 bits per heavy atom. The van der Waals surface area contributed by atoms with Crippen LogP contribution in [0.4, 0.5) is 0 Å². The maximum Gasteiger partial charge on any atom is 0.0680 e. The monoisotopic (exact) mass is 235 g/mol. The first kappa shape index (κ1) is 12.0. The molecule has 6 unspecified atom stereocenters. The first-order valence-electron chi connectivity index (χ1n) is 7.53. The van der Waals surface area contributed by atoms with Gasteiger partial charge >= 0.3 is 0 Å². The topological polar surface area (TPSA) is 16.6 Å². The van der Waals surface area contributed by atoms with Crippen molar-refractivity contribution in [2.45, 2.75) is 59.4 Å². The van der Waals surface area contributed by atoms with Gasteiger partial charge in [-0.3, -0.25) is 0 Å². The number of fused-ring (bicyclic) bond motifs is 1. The molecular formula is C16H29N. The lowest BCUT2D eigenvalue weighted by molar-refractivity contribution is -0.660. The van der Waals surface area contributed by atoms with Crippen molar-refractivity contribution >= 4 is 0 Å². The van der Waals surface area contributed by atoms with Gasteiger partial charge in [0.1, 0.15) is 0 Å². The van der Waals surface area contributed by atoms with Crippen molar-refractivity contribution in [2.24, 2.45) is 34.5 Å². The van der Waals surface area contributed by atoms with Crippen molar-refractivity contribution in [3.8, 4) is 0 Å². The first-order valence-corrected chi connectivity index (χ1v) is 7.53. The van der Waals surface area contributed by atoms with Gasteiger partial charge in [0, 0.05) is 11.8 Å². The summed E-state index contributed by atoms with van der Waals surface area (Å²) in [6.45, 7) is 10.0. The summed E-state index contributed by atoms with van der Waals surface area (Å²) >= 11 is 0. The van der Waals surface area contributed by atoms with Gasteiger partial charge in [0.2, 0.25) is 0 Å². The van der Waals surface area contributed by atoms with E-state index in [4.69, 9.17) is 0 Å². The predicted octanol–water partition coefficient (Wildman–Crippen LogP) is 2.83. The van der Waals surface area contributed by atoms with Gasteiger partial charge in [-0.1, -0.05) is 27.7 Å². The SMILES string of the molecule is [CH2-][NH2+]C1CC2(C)C3CC(C(C)C)C2CC1(C)C3. The second kappa shape index (κ2) is 3.50. The highest BCUT2D eigenvalue weighted by molar-refractivity contribution is 5.14. The van der Waals surface area contributed by atoms with E-state index in [0.29, 0.717) is 10.8 Å². The van der Waals surface area contributed by atoms with E-state index in [9.17, 15) is 0 Å². The molecule has 4 bridgehead atoms. The molecule has 4 aliphatic rings. The number of quaternary nitrogens is 1. The molecule has 1 heteroatoms. The standard InChI is InChI=1S/C16H29N/c1-10(2)12-6-11-7-15(3)8-13(12)16(11,4)9-14(15)17-5/h10-14H,5-9,17H2,1-4H3. The number of hydrogen-bond acceptors (Lipinski definition) is 0. The van der Waals surface area contributed by atoms with Crippen LogP contribution in [0, 0.1) is 41.5 Å². The van der Waals surface area contributed by atoms with Crippen LogP contribution in [0.1, 0.15) is 53.4 Å². The lowest BCUT2D eigenvalue weighted by Crippen LogP contribution is -2.90. The Balaban J connectivity index is 1.95. The van der Waals surface area contributed by atoms with Gasteiger partial charge in [0.25, 0.3) is 0 Å². The van der Waals surface area contributed by atoms with E-state index in [1.54, 1.807) is 0 Å². The van der Waals surface area contributed by atoms with Crippen LogP contribution in [0.3, 0.4) is 0 Å². The van der Waals surface area contributed by atoms with E-state index in [-0.39, 0.29) is 0 Å². The molecule has 0 saturated heterocycles. The molecule has 0 radical (unpaired) electrons.